The second kappa shape index (κ2) is 8.10. The summed E-state index contributed by atoms with van der Waals surface area (Å²) < 4.78 is 33.2. The van der Waals surface area contributed by atoms with Crippen molar-refractivity contribution in [2.24, 2.45) is 5.92 Å². The number of aromatic nitrogens is 5. The van der Waals surface area contributed by atoms with Crippen molar-refractivity contribution in [1.82, 2.24) is 29.5 Å². The predicted molar refractivity (Wildman–Crippen MR) is 104 cm³/mol. The van der Waals surface area contributed by atoms with E-state index in [4.69, 9.17) is 16.3 Å². The van der Waals surface area contributed by atoms with Gasteiger partial charge in [0.15, 0.2) is 0 Å². The van der Waals surface area contributed by atoms with Crippen molar-refractivity contribution >= 4 is 23.3 Å². The molecule has 0 spiro atoms. The van der Waals surface area contributed by atoms with Gasteiger partial charge in [0.1, 0.15) is 17.0 Å². The number of fused-ring (bicyclic) bond motifs is 1. The van der Waals surface area contributed by atoms with Crippen LogP contribution in [0, 0.1) is 5.92 Å². The number of halogens is 3. The van der Waals surface area contributed by atoms with Gasteiger partial charge < -0.3 is 9.64 Å². The summed E-state index contributed by atoms with van der Waals surface area (Å²) in [5.74, 6) is 0.0517. The van der Waals surface area contributed by atoms with Crippen LogP contribution >= 0.6 is 11.6 Å². The summed E-state index contributed by atoms with van der Waals surface area (Å²) in [6.45, 7) is 2.91. The zero-order valence-corrected chi connectivity index (χ0v) is 17.1. The average Bonchev–Trinajstić information content (AvgIpc) is 3.21. The molecule has 4 heterocycles. The monoisotopic (exact) mass is 436 g/mol. The molecule has 3 aromatic rings. The minimum absolute atomic E-state index is 0.115. The second-order valence-electron chi connectivity index (χ2n) is 7.22. The first-order valence-electron chi connectivity index (χ1n) is 9.36. The third kappa shape index (κ3) is 3.67. The first kappa shape index (κ1) is 20.4. The number of nitrogens with zero attached hydrogens (tertiary/aromatic N) is 6. The number of carbonyl (C=O) groups is 1. The highest BCUT2D eigenvalue weighted by atomic mass is 35.5. The Morgan fingerprint density at radius 2 is 2.13 bits per heavy atom. The number of rotatable bonds is 4. The molecule has 1 unspecified atom stereocenters. The molecule has 158 valence electrons. The molecule has 0 N–H and O–H groups in total. The number of hydrogen-bond donors (Lipinski definition) is 0. The van der Waals surface area contributed by atoms with Crippen molar-refractivity contribution in [3.63, 3.8) is 0 Å². The quantitative estimate of drug-likeness (QED) is 0.623. The first-order valence-corrected chi connectivity index (χ1v) is 9.74. The van der Waals surface area contributed by atoms with Gasteiger partial charge in [0.25, 0.3) is 18.1 Å². The number of hydrogen-bond acceptors (Lipinski definition) is 6. The highest BCUT2D eigenvalue weighted by Crippen LogP contribution is 2.34. The third-order valence-corrected chi connectivity index (χ3v) is 5.67. The molecule has 1 amide bonds. The van der Waals surface area contributed by atoms with Crippen molar-refractivity contribution in [3.05, 3.63) is 46.6 Å². The second-order valence-corrected chi connectivity index (χ2v) is 7.62. The van der Waals surface area contributed by atoms with E-state index in [2.05, 4.69) is 20.1 Å². The fourth-order valence-electron chi connectivity index (χ4n) is 3.74. The van der Waals surface area contributed by atoms with Gasteiger partial charge in [0, 0.05) is 25.2 Å². The van der Waals surface area contributed by atoms with E-state index in [0.717, 1.165) is 0 Å². The van der Waals surface area contributed by atoms with Crippen LogP contribution in [0.4, 0.5) is 8.78 Å². The van der Waals surface area contributed by atoms with Gasteiger partial charge in [-0.3, -0.25) is 4.79 Å². The Morgan fingerprint density at radius 1 is 1.33 bits per heavy atom. The molecule has 1 aliphatic rings. The van der Waals surface area contributed by atoms with Gasteiger partial charge in [-0.05, 0) is 24.5 Å². The van der Waals surface area contributed by atoms with Gasteiger partial charge in [-0.15, -0.1) is 0 Å². The van der Waals surface area contributed by atoms with Crippen molar-refractivity contribution < 1.29 is 18.3 Å². The SMILES string of the molecule is COc1ncc(C(=O)N2CCC(C)[C@H](c3cc(C(F)F)nc4ncnn34)C2)cc1Cl. The van der Waals surface area contributed by atoms with E-state index >= 15 is 0 Å². The Morgan fingerprint density at radius 3 is 2.83 bits per heavy atom. The standard InChI is InChI=1S/C19H19ClF2N6O2/c1-10-3-4-27(18(29)11-5-13(20)17(30-2)23-7-11)8-12(10)15-6-14(16(21)22)26-19-24-9-25-28(15)19/h5-7,9-10,12,16H,3-4,8H2,1-2H3/t10?,12-/m1/s1. The number of likely N-dealkylation sites (tertiary alicyclic amines) is 1. The zero-order valence-electron chi connectivity index (χ0n) is 16.3. The van der Waals surface area contributed by atoms with Crippen molar-refractivity contribution in [3.8, 4) is 5.88 Å². The van der Waals surface area contributed by atoms with Gasteiger partial charge in [0.05, 0.1) is 18.4 Å². The van der Waals surface area contributed by atoms with Gasteiger partial charge in [-0.25, -0.2) is 23.3 Å². The van der Waals surface area contributed by atoms with Crippen molar-refractivity contribution in [1.29, 1.82) is 0 Å². The lowest BCUT2D eigenvalue weighted by atomic mass is 9.84. The van der Waals surface area contributed by atoms with E-state index in [0.29, 0.717) is 30.8 Å². The van der Waals surface area contributed by atoms with E-state index in [9.17, 15) is 13.6 Å². The molecule has 30 heavy (non-hydrogen) atoms. The summed E-state index contributed by atoms with van der Waals surface area (Å²) >= 11 is 6.11. The van der Waals surface area contributed by atoms with Crippen molar-refractivity contribution in [2.75, 3.05) is 20.2 Å². The van der Waals surface area contributed by atoms with Crippen LogP contribution in [0.15, 0.2) is 24.7 Å². The highest BCUT2D eigenvalue weighted by molar-refractivity contribution is 6.32. The first-order chi connectivity index (χ1) is 14.4. The van der Waals surface area contributed by atoms with Gasteiger partial charge >= 0.3 is 0 Å². The van der Waals surface area contributed by atoms with E-state index < -0.39 is 6.43 Å². The van der Waals surface area contributed by atoms with E-state index in [-0.39, 0.29) is 40.1 Å². The van der Waals surface area contributed by atoms with Crippen LogP contribution in [0.1, 0.15) is 47.4 Å². The fourth-order valence-corrected chi connectivity index (χ4v) is 3.99. The lowest BCUT2D eigenvalue weighted by Crippen LogP contribution is -2.42. The number of alkyl halides is 2. The largest absolute Gasteiger partial charge is 0.480 e. The topological polar surface area (TPSA) is 85.5 Å². The Bertz CT molecular complexity index is 1090. The molecule has 1 fully saturated rings. The molecule has 0 saturated carbocycles. The molecule has 1 saturated heterocycles. The molecule has 2 atom stereocenters. The molecule has 0 aromatic carbocycles. The minimum atomic E-state index is -2.73. The summed E-state index contributed by atoms with van der Waals surface area (Å²) in [5, 5.41) is 4.38. The lowest BCUT2D eigenvalue weighted by molar-refractivity contribution is 0.0665. The Labute approximate surface area is 175 Å². The molecule has 11 heteroatoms. The number of pyridine rings is 1. The number of carbonyl (C=O) groups excluding carboxylic acids is 1. The third-order valence-electron chi connectivity index (χ3n) is 5.40. The number of piperidine rings is 1. The van der Waals surface area contributed by atoms with E-state index in [1.54, 1.807) is 4.90 Å². The maximum Gasteiger partial charge on any atom is 0.280 e. The molecule has 3 aromatic heterocycles. The molecule has 1 aliphatic heterocycles. The molecule has 8 nitrogen and oxygen atoms in total. The Kier molecular flexibility index (Phi) is 5.50. The summed E-state index contributed by atoms with van der Waals surface area (Å²) in [6.07, 6.45) is 0.671. The Balaban J connectivity index is 1.66. The summed E-state index contributed by atoms with van der Waals surface area (Å²) in [7, 11) is 1.44. The smallest absolute Gasteiger partial charge is 0.280 e. The van der Waals surface area contributed by atoms with Gasteiger partial charge in [-0.1, -0.05) is 18.5 Å². The summed E-state index contributed by atoms with van der Waals surface area (Å²) in [5.41, 5.74) is 0.541. The van der Waals surface area contributed by atoms with Crippen LogP contribution in [0.3, 0.4) is 0 Å². The fraction of sp³-hybridized carbons (Fsp3) is 0.421. The maximum atomic E-state index is 13.4. The van der Waals surface area contributed by atoms with Crippen LogP contribution < -0.4 is 4.74 Å². The van der Waals surface area contributed by atoms with E-state index in [1.807, 2.05) is 6.92 Å². The number of methoxy groups -OCH3 is 1. The highest BCUT2D eigenvalue weighted by Gasteiger charge is 2.33. The van der Waals surface area contributed by atoms with Crippen LogP contribution in [0.25, 0.3) is 5.78 Å². The predicted octanol–water partition coefficient (Wildman–Crippen LogP) is 3.38. The Hall–Kier alpha value is -2.88. The molecular weight excluding hydrogens is 418 g/mol. The van der Waals surface area contributed by atoms with E-state index in [1.165, 1.54) is 36.3 Å². The minimum Gasteiger partial charge on any atom is -0.480 e. The molecule has 0 aliphatic carbocycles. The van der Waals surface area contributed by atoms with Crippen LogP contribution in [0.2, 0.25) is 5.02 Å². The molecule has 4 rings (SSSR count). The lowest BCUT2D eigenvalue weighted by Gasteiger charge is -2.37. The van der Waals surface area contributed by atoms with Gasteiger partial charge in [0.2, 0.25) is 5.88 Å². The number of amides is 1. The zero-order chi connectivity index (χ0) is 21.4. The van der Waals surface area contributed by atoms with Crippen LogP contribution in [0.5, 0.6) is 5.88 Å². The summed E-state index contributed by atoms with van der Waals surface area (Å²) in [6, 6.07) is 2.87. The number of ether oxygens (including phenoxy) is 1. The molecular formula is C19H19ClF2N6O2. The van der Waals surface area contributed by atoms with Crippen molar-refractivity contribution in [2.45, 2.75) is 25.7 Å². The summed E-state index contributed by atoms with van der Waals surface area (Å²) in [4.78, 5) is 26.6. The molecule has 0 radical (unpaired) electrons. The molecule has 0 bridgehead atoms. The maximum absolute atomic E-state index is 13.4. The van der Waals surface area contributed by atoms with Crippen LogP contribution in [-0.4, -0.2) is 55.6 Å². The van der Waals surface area contributed by atoms with Gasteiger partial charge in [-0.2, -0.15) is 10.1 Å². The van der Waals surface area contributed by atoms with Crippen LogP contribution in [-0.2, 0) is 0 Å². The average molecular weight is 437 g/mol. The normalized spacial score (nSPS) is 19.5.